The van der Waals surface area contributed by atoms with E-state index in [2.05, 4.69) is 22.8 Å². The van der Waals surface area contributed by atoms with Crippen molar-refractivity contribution in [3.63, 3.8) is 0 Å². The van der Waals surface area contributed by atoms with Gasteiger partial charge in [0.15, 0.2) is 0 Å². The van der Waals surface area contributed by atoms with Crippen LogP contribution in [0.15, 0.2) is 47.5 Å². The van der Waals surface area contributed by atoms with Crippen LogP contribution >= 0.6 is 23.2 Å². The average Bonchev–Trinajstić information content (AvgIpc) is 2.61. The summed E-state index contributed by atoms with van der Waals surface area (Å²) in [7, 11) is 0. The molecule has 1 fully saturated rings. The molecule has 25 heavy (non-hydrogen) atoms. The Morgan fingerprint density at radius 1 is 1.12 bits per heavy atom. The van der Waals surface area contributed by atoms with Crippen LogP contribution in [0.3, 0.4) is 0 Å². The molecule has 2 heterocycles. The lowest BCUT2D eigenvalue weighted by atomic mass is 9.86. The van der Waals surface area contributed by atoms with Gasteiger partial charge in [-0.3, -0.25) is 0 Å². The minimum Gasteiger partial charge on any atom is -0.381 e. The minimum absolute atomic E-state index is 0.270. The monoisotopic (exact) mass is 375 g/mol. The molecule has 0 amide bonds. The van der Waals surface area contributed by atoms with Gasteiger partial charge in [0.1, 0.15) is 11.5 Å². The summed E-state index contributed by atoms with van der Waals surface area (Å²) >= 11 is 12.5. The molecule has 0 saturated carbocycles. The molecule has 0 atom stereocenters. The first kappa shape index (κ1) is 16.7. The number of ether oxygens (including phenoxy) is 1. The lowest BCUT2D eigenvalue weighted by molar-refractivity contribution is 0.0771. The van der Waals surface area contributed by atoms with Crippen molar-refractivity contribution in [3.8, 4) is 0 Å². The summed E-state index contributed by atoms with van der Waals surface area (Å²) in [5, 5.41) is 8.32. The predicted molar refractivity (Wildman–Crippen MR) is 103 cm³/mol. The van der Waals surface area contributed by atoms with Gasteiger partial charge in [0.25, 0.3) is 0 Å². The third-order valence-corrected chi connectivity index (χ3v) is 5.23. The van der Waals surface area contributed by atoms with E-state index in [1.807, 2.05) is 24.3 Å². The molecule has 6 heteroatoms. The van der Waals surface area contributed by atoms with Gasteiger partial charge in [-0.2, -0.15) is 0 Å². The summed E-state index contributed by atoms with van der Waals surface area (Å²) in [6.07, 6.45) is 1.69. The van der Waals surface area contributed by atoms with Crippen LogP contribution in [0.1, 0.15) is 18.4 Å². The van der Waals surface area contributed by atoms with Gasteiger partial charge >= 0.3 is 0 Å². The van der Waals surface area contributed by atoms with Crippen LogP contribution in [0.25, 0.3) is 0 Å². The highest BCUT2D eigenvalue weighted by Gasteiger charge is 2.41. The maximum Gasteiger partial charge on any atom is 0.129 e. The molecule has 0 unspecified atom stereocenters. The van der Waals surface area contributed by atoms with E-state index in [1.165, 1.54) is 5.56 Å². The Morgan fingerprint density at radius 2 is 1.88 bits per heavy atom. The summed E-state index contributed by atoms with van der Waals surface area (Å²) in [6, 6.07) is 13.9. The quantitative estimate of drug-likeness (QED) is 0.792. The summed E-state index contributed by atoms with van der Waals surface area (Å²) < 4.78 is 5.57. The lowest BCUT2D eigenvalue weighted by Crippen LogP contribution is -2.56. The van der Waals surface area contributed by atoms with E-state index < -0.39 is 0 Å². The SMILES string of the molecule is Clc1cc(Cl)c2c(c1)NC1(CCOCC1)C(NCc1ccccc1)=N2. The Bertz CT molecular complexity index is 802. The van der Waals surface area contributed by atoms with Gasteiger partial charge in [0.05, 0.1) is 16.2 Å². The lowest BCUT2D eigenvalue weighted by Gasteiger charge is -2.42. The highest BCUT2D eigenvalue weighted by molar-refractivity contribution is 6.37. The summed E-state index contributed by atoms with van der Waals surface area (Å²) in [5.41, 5.74) is 2.55. The topological polar surface area (TPSA) is 45.6 Å². The van der Waals surface area contributed by atoms with Gasteiger partial charge in [0.2, 0.25) is 0 Å². The maximum absolute atomic E-state index is 6.37. The molecule has 2 aliphatic heterocycles. The number of anilines is 1. The molecule has 2 aliphatic rings. The Labute approximate surface area is 157 Å². The molecule has 0 bridgehead atoms. The first-order valence-electron chi connectivity index (χ1n) is 8.38. The molecule has 2 aromatic carbocycles. The van der Waals surface area contributed by atoms with E-state index in [0.29, 0.717) is 29.8 Å². The number of fused-ring (bicyclic) bond motifs is 1. The molecule has 2 N–H and O–H groups in total. The average molecular weight is 376 g/mol. The Morgan fingerprint density at radius 3 is 2.64 bits per heavy atom. The number of amidine groups is 1. The van der Waals surface area contributed by atoms with Crippen LogP contribution in [0.4, 0.5) is 11.4 Å². The van der Waals surface area contributed by atoms with Crippen LogP contribution in [0.5, 0.6) is 0 Å². The summed E-state index contributed by atoms with van der Waals surface area (Å²) in [6.45, 7) is 2.11. The molecule has 4 nitrogen and oxygen atoms in total. The van der Waals surface area contributed by atoms with Gasteiger partial charge in [-0.25, -0.2) is 4.99 Å². The largest absolute Gasteiger partial charge is 0.381 e. The normalized spacial score (nSPS) is 18.2. The van der Waals surface area contributed by atoms with Gasteiger partial charge in [-0.15, -0.1) is 0 Å². The van der Waals surface area contributed by atoms with Crippen molar-refractivity contribution in [2.75, 3.05) is 18.5 Å². The fourth-order valence-electron chi connectivity index (χ4n) is 3.38. The molecule has 1 spiro atoms. The highest BCUT2D eigenvalue weighted by Crippen LogP contribution is 2.43. The van der Waals surface area contributed by atoms with E-state index in [1.54, 1.807) is 6.07 Å². The minimum atomic E-state index is -0.270. The van der Waals surface area contributed by atoms with E-state index >= 15 is 0 Å². The Kier molecular flexibility index (Phi) is 4.59. The zero-order valence-electron chi connectivity index (χ0n) is 13.7. The molecule has 1 saturated heterocycles. The van der Waals surface area contributed by atoms with Gasteiger partial charge in [0, 0.05) is 37.6 Å². The predicted octanol–water partition coefficient (Wildman–Crippen LogP) is 4.79. The number of halogens is 2. The first-order chi connectivity index (χ1) is 12.2. The molecular weight excluding hydrogens is 357 g/mol. The second-order valence-corrected chi connectivity index (χ2v) is 7.25. The van der Waals surface area contributed by atoms with Crippen molar-refractivity contribution < 1.29 is 4.74 Å². The number of aliphatic imine (C=N–C) groups is 1. The van der Waals surface area contributed by atoms with Crippen molar-refractivity contribution in [1.82, 2.24) is 5.32 Å². The molecule has 4 rings (SSSR count). The number of nitrogens with one attached hydrogen (secondary N) is 2. The smallest absolute Gasteiger partial charge is 0.129 e. The number of hydrogen-bond acceptors (Lipinski definition) is 4. The highest BCUT2D eigenvalue weighted by atomic mass is 35.5. The van der Waals surface area contributed by atoms with Gasteiger partial charge in [-0.1, -0.05) is 53.5 Å². The zero-order chi connectivity index (χ0) is 17.3. The molecule has 0 aromatic heterocycles. The van der Waals surface area contributed by atoms with Gasteiger partial charge in [-0.05, 0) is 17.7 Å². The second kappa shape index (κ2) is 6.87. The van der Waals surface area contributed by atoms with Crippen molar-refractivity contribution in [1.29, 1.82) is 0 Å². The molecule has 2 aromatic rings. The Hall–Kier alpha value is -1.75. The number of nitrogens with zero attached hydrogens (tertiary/aromatic N) is 1. The van der Waals surface area contributed by atoms with E-state index in [0.717, 1.165) is 30.1 Å². The number of benzene rings is 2. The van der Waals surface area contributed by atoms with Crippen LogP contribution in [-0.4, -0.2) is 24.6 Å². The maximum atomic E-state index is 6.37. The number of rotatable bonds is 2. The standard InChI is InChI=1S/C19H19Cl2N3O/c20-14-10-15(21)17-16(11-14)24-19(6-8-25-9-7-19)18(23-17)22-12-13-4-2-1-3-5-13/h1-5,10-11,24H,6-9,12H2,(H,22,23). The van der Waals surface area contributed by atoms with E-state index in [4.69, 9.17) is 32.9 Å². The molecule has 0 radical (unpaired) electrons. The van der Waals surface area contributed by atoms with Crippen molar-refractivity contribution in [2.24, 2.45) is 4.99 Å². The van der Waals surface area contributed by atoms with Crippen molar-refractivity contribution >= 4 is 40.4 Å². The Balaban J connectivity index is 1.69. The summed E-state index contributed by atoms with van der Waals surface area (Å²) in [4.78, 5) is 4.87. The first-order valence-corrected chi connectivity index (χ1v) is 9.14. The third-order valence-electron chi connectivity index (χ3n) is 4.73. The molecule has 0 aliphatic carbocycles. The van der Waals surface area contributed by atoms with Crippen molar-refractivity contribution in [3.05, 3.63) is 58.1 Å². The summed E-state index contributed by atoms with van der Waals surface area (Å²) in [5.74, 6) is 0.913. The van der Waals surface area contributed by atoms with Crippen LogP contribution in [-0.2, 0) is 11.3 Å². The fourth-order valence-corrected chi connectivity index (χ4v) is 3.92. The third kappa shape index (κ3) is 3.34. The van der Waals surface area contributed by atoms with E-state index in [-0.39, 0.29) is 5.54 Å². The molecular formula is C19H19Cl2N3O. The van der Waals surface area contributed by atoms with E-state index in [9.17, 15) is 0 Å². The van der Waals surface area contributed by atoms with Crippen LogP contribution < -0.4 is 10.6 Å². The molecule has 130 valence electrons. The number of hydrogen-bond donors (Lipinski definition) is 2. The van der Waals surface area contributed by atoms with Crippen LogP contribution in [0, 0.1) is 0 Å². The van der Waals surface area contributed by atoms with Crippen LogP contribution in [0.2, 0.25) is 10.0 Å². The zero-order valence-corrected chi connectivity index (χ0v) is 15.2. The fraction of sp³-hybridized carbons (Fsp3) is 0.316. The van der Waals surface area contributed by atoms with Crippen molar-refractivity contribution in [2.45, 2.75) is 24.9 Å². The second-order valence-electron chi connectivity index (χ2n) is 6.40. The van der Waals surface area contributed by atoms with Gasteiger partial charge < -0.3 is 15.4 Å².